The van der Waals surface area contributed by atoms with E-state index in [1.54, 1.807) is 10.9 Å². The molecule has 3 aromatic rings. The molecule has 0 aliphatic rings. The maximum atomic E-state index is 14.9. The van der Waals surface area contributed by atoms with Gasteiger partial charge in [0.1, 0.15) is 11.6 Å². The maximum absolute atomic E-state index is 14.9. The van der Waals surface area contributed by atoms with Crippen LogP contribution in [-0.4, -0.2) is 28.0 Å². The predicted octanol–water partition coefficient (Wildman–Crippen LogP) is 4.69. The summed E-state index contributed by atoms with van der Waals surface area (Å²) in [6.07, 6.45) is 0. The number of alkyl halides is 2. The highest BCUT2D eigenvalue weighted by Gasteiger charge is 2.32. The second kappa shape index (κ2) is 9.67. The van der Waals surface area contributed by atoms with Gasteiger partial charge in [0.15, 0.2) is 0 Å². The molecule has 0 fully saturated rings. The van der Waals surface area contributed by atoms with E-state index in [-0.39, 0.29) is 39.0 Å². The molecule has 34 heavy (non-hydrogen) atoms. The van der Waals surface area contributed by atoms with Crippen LogP contribution >= 0.6 is 11.6 Å². The van der Waals surface area contributed by atoms with Crippen LogP contribution in [0.4, 0.5) is 22.4 Å². The normalized spacial score (nSPS) is 12.2. The molecule has 0 aliphatic heterocycles. The molecule has 1 atom stereocenters. The van der Waals surface area contributed by atoms with Gasteiger partial charge in [-0.15, -0.1) is 0 Å². The molecule has 8 nitrogen and oxygen atoms in total. The largest absolute Gasteiger partial charge is 0.339 e. The Hall–Kier alpha value is -3.67. The summed E-state index contributed by atoms with van der Waals surface area (Å²) in [5.74, 6) is -6.75. The minimum Gasteiger partial charge on any atom is -0.339 e. The van der Waals surface area contributed by atoms with Crippen LogP contribution in [0.5, 0.6) is 0 Å². The lowest BCUT2D eigenvalue weighted by Gasteiger charge is -2.18. The van der Waals surface area contributed by atoms with Gasteiger partial charge in [0.2, 0.25) is 11.7 Å². The van der Waals surface area contributed by atoms with Gasteiger partial charge in [-0.2, -0.15) is 13.8 Å². The van der Waals surface area contributed by atoms with Crippen LogP contribution in [0.2, 0.25) is 5.02 Å². The van der Waals surface area contributed by atoms with E-state index in [4.69, 9.17) is 16.1 Å². The van der Waals surface area contributed by atoms with E-state index in [0.717, 1.165) is 12.1 Å². The first-order valence-electron chi connectivity index (χ1n) is 9.71. The maximum Gasteiger partial charge on any atom is 0.333 e. The van der Waals surface area contributed by atoms with Gasteiger partial charge in [0.05, 0.1) is 11.6 Å². The molecule has 3 amide bonds. The third-order valence-electron chi connectivity index (χ3n) is 4.62. The highest BCUT2D eigenvalue weighted by atomic mass is 35.5. The number of hydrogen-bond acceptors (Lipinski definition) is 5. The summed E-state index contributed by atoms with van der Waals surface area (Å²) in [6, 6.07) is 4.43. The molecular weight excluding hydrogens is 482 g/mol. The fraction of sp³-hybridized carbons (Fsp3) is 0.238. The molecule has 13 heteroatoms. The summed E-state index contributed by atoms with van der Waals surface area (Å²) in [5, 5.41) is 6.07. The molecule has 0 unspecified atom stereocenters. The molecule has 0 saturated carbocycles. The minimum absolute atomic E-state index is 0.0329. The zero-order chi connectivity index (χ0) is 25.2. The molecule has 0 aliphatic carbocycles. The Balaban J connectivity index is 1.83. The number of amides is 3. The summed E-state index contributed by atoms with van der Waals surface area (Å²) in [6.45, 7) is 3.32. The van der Waals surface area contributed by atoms with Crippen LogP contribution in [-0.2, 0) is 4.79 Å². The molecule has 0 spiro atoms. The third kappa shape index (κ3) is 5.63. The topological polar surface area (TPSA) is 109 Å². The van der Waals surface area contributed by atoms with Gasteiger partial charge in [-0.1, -0.05) is 28.9 Å². The second-order valence-corrected chi connectivity index (χ2v) is 7.78. The second-order valence-electron chi connectivity index (χ2n) is 7.35. The number of carbonyl (C=O) groups is 2. The van der Waals surface area contributed by atoms with Crippen molar-refractivity contribution in [2.75, 3.05) is 0 Å². The number of aryl methyl sites for hydroxylation is 1. The molecule has 2 aromatic carbocycles. The average molecular weight is 500 g/mol. The number of halogens is 5. The van der Waals surface area contributed by atoms with E-state index in [1.165, 1.54) is 32.0 Å². The number of urea groups is 1. The average Bonchev–Trinajstić information content (AvgIpc) is 3.16. The van der Waals surface area contributed by atoms with Crippen LogP contribution in [0.3, 0.4) is 0 Å². The van der Waals surface area contributed by atoms with E-state index in [1.807, 2.05) is 0 Å². The van der Waals surface area contributed by atoms with Crippen molar-refractivity contribution in [2.45, 2.75) is 32.7 Å². The van der Waals surface area contributed by atoms with E-state index >= 15 is 0 Å². The summed E-state index contributed by atoms with van der Waals surface area (Å²) in [4.78, 5) is 27.0. The number of benzene rings is 2. The van der Waals surface area contributed by atoms with Crippen LogP contribution < -0.4 is 16.2 Å². The first kappa shape index (κ1) is 25.0. The molecule has 1 heterocycles. The number of nitrogens with one attached hydrogen (secondary N) is 3. The molecule has 0 bridgehead atoms. The monoisotopic (exact) mass is 499 g/mol. The number of nitrogens with zero attached hydrogens (tertiary/aromatic N) is 2. The number of carbonyl (C=O) groups excluding carboxylic acids is 2. The Morgan fingerprint density at radius 2 is 1.82 bits per heavy atom. The summed E-state index contributed by atoms with van der Waals surface area (Å²) < 4.78 is 60.2. The van der Waals surface area contributed by atoms with Crippen molar-refractivity contribution >= 4 is 23.5 Å². The Kier molecular flexibility index (Phi) is 7.10. The van der Waals surface area contributed by atoms with Crippen molar-refractivity contribution in [2.24, 2.45) is 0 Å². The van der Waals surface area contributed by atoms with Crippen LogP contribution in [0.1, 0.15) is 31.3 Å². The molecule has 1 aromatic heterocycles. The smallest absolute Gasteiger partial charge is 0.333 e. The summed E-state index contributed by atoms with van der Waals surface area (Å²) in [5.41, 5.74) is 3.75. The molecule has 3 rings (SSSR count). The Labute approximate surface area is 195 Å². The lowest BCUT2D eigenvalue weighted by molar-refractivity contribution is -0.143. The molecule has 0 radical (unpaired) electrons. The van der Waals surface area contributed by atoms with Crippen molar-refractivity contribution in [3.05, 3.63) is 58.4 Å². The van der Waals surface area contributed by atoms with Crippen LogP contribution in [0.15, 0.2) is 34.9 Å². The fourth-order valence-corrected chi connectivity index (χ4v) is 3.21. The quantitative estimate of drug-likeness (QED) is 0.348. The van der Waals surface area contributed by atoms with Crippen LogP contribution in [0, 0.1) is 18.6 Å². The Morgan fingerprint density at radius 3 is 2.41 bits per heavy atom. The van der Waals surface area contributed by atoms with Crippen molar-refractivity contribution in [1.29, 1.82) is 0 Å². The number of hydrazine groups is 1. The van der Waals surface area contributed by atoms with Crippen LogP contribution in [0.25, 0.3) is 22.5 Å². The first-order chi connectivity index (χ1) is 15.9. The standard InChI is InChI=1S/C21H18ClF4N5O3/c1-9(27-20(33)30-29-19(32)21(3,25)26)13-5-4-11(6-15(13)23)14-7-12(22)8-16(24)17(14)18-28-10(2)34-31-18/h4-9H,1-3H3,(H,29,32)(H2,27,30,33)/t9-/m1/s1. The number of aromatic nitrogens is 2. The Bertz CT molecular complexity index is 1250. The van der Waals surface area contributed by atoms with Crippen molar-refractivity contribution in [3.63, 3.8) is 0 Å². The van der Waals surface area contributed by atoms with E-state index in [0.29, 0.717) is 6.92 Å². The molecular formula is C21H18ClF4N5O3. The SMILES string of the molecule is Cc1nc(-c2c(F)cc(Cl)cc2-c2ccc([C@@H](C)NC(=O)NNC(=O)C(C)(F)F)c(F)c2)no1. The highest BCUT2D eigenvalue weighted by Crippen LogP contribution is 2.36. The number of hydrogen-bond donors (Lipinski definition) is 3. The zero-order valence-electron chi connectivity index (χ0n) is 18.0. The van der Waals surface area contributed by atoms with Crippen molar-refractivity contribution < 1.29 is 31.7 Å². The van der Waals surface area contributed by atoms with Gasteiger partial charge >= 0.3 is 17.9 Å². The zero-order valence-corrected chi connectivity index (χ0v) is 18.7. The Morgan fingerprint density at radius 1 is 1.12 bits per heavy atom. The molecule has 0 saturated heterocycles. The van der Waals surface area contributed by atoms with Crippen molar-refractivity contribution in [1.82, 2.24) is 26.3 Å². The predicted molar refractivity (Wildman–Crippen MR) is 114 cm³/mol. The first-order valence-corrected chi connectivity index (χ1v) is 10.1. The summed E-state index contributed by atoms with van der Waals surface area (Å²) >= 11 is 5.99. The molecule has 3 N–H and O–H groups in total. The highest BCUT2D eigenvalue weighted by molar-refractivity contribution is 6.31. The van der Waals surface area contributed by atoms with Gasteiger partial charge in [-0.05, 0) is 36.2 Å². The number of rotatable bonds is 5. The van der Waals surface area contributed by atoms with Gasteiger partial charge in [0.25, 0.3) is 0 Å². The van der Waals surface area contributed by atoms with Gasteiger partial charge in [0, 0.05) is 24.4 Å². The summed E-state index contributed by atoms with van der Waals surface area (Å²) in [7, 11) is 0. The fourth-order valence-electron chi connectivity index (χ4n) is 3.01. The minimum atomic E-state index is -3.69. The van der Waals surface area contributed by atoms with Gasteiger partial charge in [-0.3, -0.25) is 10.2 Å². The van der Waals surface area contributed by atoms with E-state index < -0.39 is 35.5 Å². The van der Waals surface area contributed by atoms with Gasteiger partial charge in [-0.25, -0.2) is 19.0 Å². The van der Waals surface area contributed by atoms with Crippen molar-refractivity contribution in [3.8, 4) is 22.5 Å². The lowest BCUT2D eigenvalue weighted by atomic mass is 9.96. The molecule has 180 valence electrons. The van der Waals surface area contributed by atoms with Gasteiger partial charge < -0.3 is 9.84 Å². The van der Waals surface area contributed by atoms with E-state index in [9.17, 15) is 27.2 Å². The van der Waals surface area contributed by atoms with E-state index in [2.05, 4.69) is 15.5 Å². The third-order valence-corrected chi connectivity index (χ3v) is 4.84. The lowest BCUT2D eigenvalue weighted by Crippen LogP contribution is -2.51.